The summed E-state index contributed by atoms with van der Waals surface area (Å²) in [4.78, 5) is 5.25. The number of hydrogen-bond donors (Lipinski definition) is 1. The van der Waals surface area contributed by atoms with Gasteiger partial charge in [-0.3, -0.25) is 4.84 Å². The molecule has 0 amide bonds. The molecule has 1 atom stereocenters. The number of hydroxylamine groups is 1. The van der Waals surface area contributed by atoms with Crippen LogP contribution in [0.2, 0.25) is 0 Å². The predicted molar refractivity (Wildman–Crippen MR) is 63.5 cm³/mol. The van der Waals surface area contributed by atoms with Gasteiger partial charge in [0.1, 0.15) is 0 Å². The first kappa shape index (κ1) is 12.6. The van der Waals surface area contributed by atoms with E-state index in [0.717, 1.165) is 4.47 Å². The van der Waals surface area contributed by atoms with Crippen LogP contribution in [0.1, 0.15) is 18.5 Å². The predicted octanol–water partition coefficient (Wildman–Crippen LogP) is 2.68. The smallest absolute Gasteiger partial charge is 0.0916 e. The van der Waals surface area contributed by atoms with Crippen molar-refractivity contribution in [2.75, 3.05) is 20.3 Å². The van der Waals surface area contributed by atoms with Crippen LogP contribution >= 0.6 is 15.9 Å². The summed E-state index contributed by atoms with van der Waals surface area (Å²) in [7, 11) is 1.65. The van der Waals surface area contributed by atoms with Gasteiger partial charge < -0.3 is 4.74 Å². The van der Waals surface area contributed by atoms with Crippen molar-refractivity contribution in [3.8, 4) is 0 Å². The van der Waals surface area contributed by atoms with Gasteiger partial charge in [-0.2, -0.15) is 5.48 Å². The molecule has 0 heterocycles. The van der Waals surface area contributed by atoms with Gasteiger partial charge in [0.05, 0.1) is 19.3 Å². The third-order valence-electron chi connectivity index (χ3n) is 2.02. The number of benzene rings is 1. The van der Waals surface area contributed by atoms with Crippen molar-refractivity contribution in [1.82, 2.24) is 5.48 Å². The summed E-state index contributed by atoms with van der Waals surface area (Å²) < 4.78 is 5.96. The Morgan fingerprint density at radius 2 is 2.07 bits per heavy atom. The Balaban J connectivity index is 2.40. The average molecular weight is 274 g/mol. The van der Waals surface area contributed by atoms with Crippen LogP contribution < -0.4 is 5.48 Å². The molecule has 3 nitrogen and oxygen atoms in total. The van der Waals surface area contributed by atoms with Crippen molar-refractivity contribution < 1.29 is 9.57 Å². The van der Waals surface area contributed by atoms with E-state index < -0.39 is 0 Å². The molecule has 0 fully saturated rings. The van der Waals surface area contributed by atoms with Crippen molar-refractivity contribution in [2.45, 2.75) is 13.0 Å². The minimum Gasteiger partial charge on any atom is -0.382 e. The molecule has 0 aromatic heterocycles. The minimum absolute atomic E-state index is 0.150. The fourth-order valence-electron chi connectivity index (χ4n) is 1.20. The Hall–Kier alpha value is -0.420. The standard InChI is InChI=1S/C11H16BrNO2/c1-9(13-15-8-7-14-2)10-5-3-4-6-11(10)12/h3-6,9,13H,7-8H2,1-2H3. The van der Waals surface area contributed by atoms with E-state index in [1.54, 1.807) is 7.11 Å². The summed E-state index contributed by atoms with van der Waals surface area (Å²) in [6.07, 6.45) is 0. The number of rotatable bonds is 6. The van der Waals surface area contributed by atoms with Gasteiger partial charge >= 0.3 is 0 Å². The number of ether oxygens (including phenoxy) is 1. The molecule has 0 radical (unpaired) electrons. The van der Waals surface area contributed by atoms with Crippen LogP contribution in [0.15, 0.2) is 28.7 Å². The van der Waals surface area contributed by atoms with E-state index in [1.807, 2.05) is 25.1 Å². The summed E-state index contributed by atoms with van der Waals surface area (Å²) in [6.45, 7) is 3.19. The molecule has 1 unspecified atom stereocenters. The Labute approximate surface area is 98.9 Å². The van der Waals surface area contributed by atoms with Gasteiger partial charge in [-0.1, -0.05) is 34.1 Å². The molecule has 4 heteroatoms. The summed E-state index contributed by atoms with van der Waals surface area (Å²) in [5.74, 6) is 0. The second-order valence-corrected chi connectivity index (χ2v) is 4.06. The second-order valence-electron chi connectivity index (χ2n) is 3.20. The van der Waals surface area contributed by atoms with Crippen LogP contribution in [0.25, 0.3) is 0 Å². The fraction of sp³-hybridized carbons (Fsp3) is 0.455. The van der Waals surface area contributed by atoms with E-state index in [0.29, 0.717) is 13.2 Å². The Morgan fingerprint density at radius 1 is 1.33 bits per heavy atom. The van der Waals surface area contributed by atoms with E-state index in [1.165, 1.54) is 5.56 Å². The van der Waals surface area contributed by atoms with E-state index in [-0.39, 0.29) is 6.04 Å². The maximum Gasteiger partial charge on any atom is 0.0916 e. The lowest BCUT2D eigenvalue weighted by Crippen LogP contribution is -2.21. The Kier molecular flexibility index (Phi) is 5.86. The summed E-state index contributed by atoms with van der Waals surface area (Å²) in [6, 6.07) is 8.22. The lowest BCUT2D eigenvalue weighted by Gasteiger charge is -2.15. The van der Waals surface area contributed by atoms with Gasteiger partial charge in [-0.25, -0.2) is 0 Å². The average Bonchev–Trinajstić information content (AvgIpc) is 2.25. The number of hydrogen-bond acceptors (Lipinski definition) is 3. The van der Waals surface area contributed by atoms with Crippen molar-refractivity contribution in [3.05, 3.63) is 34.3 Å². The number of methoxy groups -OCH3 is 1. The van der Waals surface area contributed by atoms with Gasteiger partial charge in [0, 0.05) is 11.6 Å². The lowest BCUT2D eigenvalue weighted by atomic mass is 10.1. The molecule has 0 spiro atoms. The molecule has 15 heavy (non-hydrogen) atoms. The SMILES string of the molecule is COCCONC(C)c1ccccc1Br. The van der Waals surface area contributed by atoms with Gasteiger partial charge in [-0.05, 0) is 18.6 Å². The first-order valence-electron chi connectivity index (χ1n) is 4.86. The monoisotopic (exact) mass is 273 g/mol. The van der Waals surface area contributed by atoms with Crippen LogP contribution in [0.3, 0.4) is 0 Å². The van der Waals surface area contributed by atoms with Crippen LogP contribution in [-0.2, 0) is 9.57 Å². The van der Waals surface area contributed by atoms with Gasteiger partial charge in [0.25, 0.3) is 0 Å². The fourth-order valence-corrected chi connectivity index (χ4v) is 1.83. The third-order valence-corrected chi connectivity index (χ3v) is 2.74. The van der Waals surface area contributed by atoms with E-state index in [9.17, 15) is 0 Å². The highest BCUT2D eigenvalue weighted by atomic mass is 79.9. The minimum atomic E-state index is 0.150. The molecule has 0 saturated heterocycles. The molecule has 0 bridgehead atoms. The number of halogens is 1. The lowest BCUT2D eigenvalue weighted by molar-refractivity contribution is -0.00935. The molecule has 1 aromatic carbocycles. The van der Waals surface area contributed by atoms with Crippen molar-refractivity contribution in [3.63, 3.8) is 0 Å². The molecule has 84 valence electrons. The zero-order valence-corrected chi connectivity index (χ0v) is 10.6. The summed E-state index contributed by atoms with van der Waals surface area (Å²) in [5.41, 5.74) is 4.14. The normalized spacial score (nSPS) is 12.7. The van der Waals surface area contributed by atoms with Crippen LogP contribution in [0, 0.1) is 0 Å². The highest BCUT2D eigenvalue weighted by molar-refractivity contribution is 9.10. The zero-order chi connectivity index (χ0) is 11.1. The van der Waals surface area contributed by atoms with Crippen molar-refractivity contribution in [2.24, 2.45) is 0 Å². The molecule has 1 rings (SSSR count). The van der Waals surface area contributed by atoms with Gasteiger partial charge in [-0.15, -0.1) is 0 Å². The molecule has 0 aliphatic rings. The molecule has 0 aliphatic carbocycles. The molecule has 0 saturated carbocycles. The van der Waals surface area contributed by atoms with Crippen molar-refractivity contribution >= 4 is 15.9 Å². The quantitative estimate of drug-likeness (QED) is 0.639. The van der Waals surface area contributed by atoms with Crippen LogP contribution in [-0.4, -0.2) is 20.3 Å². The van der Waals surface area contributed by atoms with Gasteiger partial charge in [0.15, 0.2) is 0 Å². The zero-order valence-electron chi connectivity index (χ0n) is 9.00. The largest absolute Gasteiger partial charge is 0.382 e. The highest BCUT2D eigenvalue weighted by Crippen LogP contribution is 2.22. The van der Waals surface area contributed by atoms with Gasteiger partial charge in [0.2, 0.25) is 0 Å². The van der Waals surface area contributed by atoms with Crippen LogP contribution in [0.5, 0.6) is 0 Å². The highest BCUT2D eigenvalue weighted by Gasteiger charge is 2.07. The molecular formula is C11H16BrNO2. The summed E-state index contributed by atoms with van der Waals surface area (Å²) >= 11 is 3.50. The van der Waals surface area contributed by atoms with E-state index in [2.05, 4.69) is 27.5 Å². The molecule has 0 aliphatic heterocycles. The van der Waals surface area contributed by atoms with E-state index in [4.69, 9.17) is 9.57 Å². The first-order chi connectivity index (χ1) is 7.25. The van der Waals surface area contributed by atoms with Crippen molar-refractivity contribution in [1.29, 1.82) is 0 Å². The second kappa shape index (κ2) is 6.95. The maximum absolute atomic E-state index is 5.25. The molecular weight excluding hydrogens is 258 g/mol. The third kappa shape index (κ3) is 4.30. The molecule has 1 aromatic rings. The first-order valence-corrected chi connectivity index (χ1v) is 5.65. The topological polar surface area (TPSA) is 30.5 Å². The Morgan fingerprint density at radius 3 is 2.73 bits per heavy atom. The Bertz CT molecular complexity index is 294. The maximum atomic E-state index is 5.25. The summed E-state index contributed by atoms with van der Waals surface area (Å²) in [5, 5.41) is 0. The van der Waals surface area contributed by atoms with E-state index >= 15 is 0 Å². The van der Waals surface area contributed by atoms with Crippen LogP contribution in [0.4, 0.5) is 0 Å². The number of nitrogens with one attached hydrogen (secondary N) is 1. The molecule has 1 N–H and O–H groups in total.